The van der Waals surface area contributed by atoms with Crippen LogP contribution in [0.3, 0.4) is 0 Å². The molecule has 29 heavy (non-hydrogen) atoms. The number of aryl methyl sites for hydroxylation is 1. The average molecular weight is 389 g/mol. The van der Waals surface area contributed by atoms with Crippen molar-refractivity contribution in [3.05, 3.63) is 48.0 Å². The molecule has 1 N–H and O–H groups in total. The Morgan fingerprint density at radius 1 is 0.966 bits per heavy atom. The van der Waals surface area contributed by atoms with Gasteiger partial charge in [-0.1, -0.05) is 6.07 Å². The van der Waals surface area contributed by atoms with Gasteiger partial charge in [-0.2, -0.15) is 0 Å². The molecular weight excluding hydrogens is 366 g/mol. The first-order valence-electron chi connectivity index (χ1n) is 10.00. The minimum atomic E-state index is -0.0627. The van der Waals surface area contributed by atoms with Gasteiger partial charge >= 0.3 is 0 Å². The van der Waals surface area contributed by atoms with Crippen LogP contribution in [-0.4, -0.2) is 47.4 Å². The largest absolute Gasteiger partial charge is 0.368 e. The van der Waals surface area contributed by atoms with Gasteiger partial charge < -0.3 is 19.7 Å². The van der Waals surface area contributed by atoms with E-state index in [2.05, 4.69) is 19.7 Å². The summed E-state index contributed by atoms with van der Waals surface area (Å²) in [7, 11) is 0. The van der Waals surface area contributed by atoms with E-state index >= 15 is 0 Å². The van der Waals surface area contributed by atoms with Crippen LogP contribution in [0.25, 0.3) is 11.0 Å². The number of para-hydroxylation sites is 1. The van der Waals surface area contributed by atoms with E-state index in [0.29, 0.717) is 13.0 Å². The first kappa shape index (κ1) is 17.7. The SMILES string of the molecule is CC(=O)Nc1ccc(N2CCN(c3nc4cccc5c4n3CCC5=O)CC2)cc1. The van der Waals surface area contributed by atoms with E-state index in [0.717, 1.165) is 60.1 Å². The van der Waals surface area contributed by atoms with Crippen LogP contribution in [0.5, 0.6) is 0 Å². The number of Topliss-reactive ketones (excluding diaryl/α,β-unsaturated/α-hetero) is 1. The van der Waals surface area contributed by atoms with Crippen molar-refractivity contribution in [2.24, 2.45) is 0 Å². The Balaban J connectivity index is 1.34. The van der Waals surface area contributed by atoms with Crippen molar-refractivity contribution in [2.75, 3.05) is 41.3 Å². The molecule has 0 atom stereocenters. The summed E-state index contributed by atoms with van der Waals surface area (Å²) in [5.74, 6) is 1.12. The van der Waals surface area contributed by atoms with Gasteiger partial charge in [0.15, 0.2) is 5.78 Å². The summed E-state index contributed by atoms with van der Waals surface area (Å²) in [5, 5.41) is 2.80. The predicted octanol–water partition coefficient (Wildman–Crippen LogP) is 2.91. The van der Waals surface area contributed by atoms with E-state index in [4.69, 9.17) is 4.98 Å². The van der Waals surface area contributed by atoms with E-state index in [-0.39, 0.29) is 11.7 Å². The number of ketones is 1. The molecule has 5 rings (SSSR count). The maximum atomic E-state index is 12.3. The molecule has 7 heteroatoms. The number of hydrogen-bond acceptors (Lipinski definition) is 5. The molecule has 2 aliphatic rings. The van der Waals surface area contributed by atoms with Gasteiger partial charge in [0, 0.05) is 63.0 Å². The number of carbonyl (C=O) groups excluding carboxylic acids is 2. The number of anilines is 3. The summed E-state index contributed by atoms with van der Waals surface area (Å²) in [4.78, 5) is 33.0. The van der Waals surface area contributed by atoms with Crippen LogP contribution < -0.4 is 15.1 Å². The van der Waals surface area contributed by atoms with E-state index in [1.165, 1.54) is 6.92 Å². The Labute approximate surface area is 168 Å². The number of piperazine rings is 1. The third kappa shape index (κ3) is 3.12. The topological polar surface area (TPSA) is 70.5 Å². The number of nitrogens with zero attached hydrogens (tertiary/aromatic N) is 4. The molecule has 0 saturated carbocycles. The third-order valence-electron chi connectivity index (χ3n) is 5.72. The molecule has 7 nitrogen and oxygen atoms in total. The average Bonchev–Trinajstić information content (AvgIpc) is 3.11. The second-order valence-corrected chi connectivity index (χ2v) is 7.61. The molecule has 1 fully saturated rings. The highest BCUT2D eigenvalue weighted by atomic mass is 16.1. The van der Waals surface area contributed by atoms with Crippen molar-refractivity contribution >= 4 is 40.0 Å². The lowest BCUT2D eigenvalue weighted by Crippen LogP contribution is -2.47. The van der Waals surface area contributed by atoms with Gasteiger partial charge in [0.2, 0.25) is 11.9 Å². The van der Waals surface area contributed by atoms with Crippen molar-refractivity contribution in [1.29, 1.82) is 0 Å². The second-order valence-electron chi connectivity index (χ2n) is 7.61. The number of benzene rings is 2. The first-order valence-corrected chi connectivity index (χ1v) is 10.00. The highest BCUT2D eigenvalue weighted by molar-refractivity contribution is 6.08. The van der Waals surface area contributed by atoms with Crippen molar-refractivity contribution in [2.45, 2.75) is 19.9 Å². The molecule has 1 aromatic heterocycles. The smallest absolute Gasteiger partial charge is 0.221 e. The maximum absolute atomic E-state index is 12.3. The lowest BCUT2D eigenvalue weighted by molar-refractivity contribution is -0.114. The van der Waals surface area contributed by atoms with Crippen molar-refractivity contribution in [3.8, 4) is 0 Å². The standard InChI is InChI=1S/C22H23N5O2/c1-15(28)23-16-5-7-17(8-6-16)25-11-13-26(14-12-25)22-24-19-4-2-3-18-20(29)9-10-27(22)21(18)19/h2-8H,9-14H2,1H3,(H,23,28). The molecular formula is C22H23N5O2. The van der Waals surface area contributed by atoms with Gasteiger partial charge in [-0.05, 0) is 36.4 Å². The Kier molecular flexibility index (Phi) is 4.23. The predicted molar refractivity (Wildman–Crippen MR) is 114 cm³/mol. The van der Waals surface area contributed by atoms with E-state index < -0.39 is 0 Å². The Morgan fingerprint density at radius 3 is 2.41 bits per heavy atom. The zero-order valence-corrected chi connectivity index (χ0v) is 16.4. The number of carbonyl (C=O) groups is 2. The number of hydrogen-bond donors (Lipinski definition) is 1. The van der Waals surface area contributed by atoms with Gasteiger partial charge in [-0.15, -0.1) is 0 Å². The molecule has 1 amide bonds. The van der Waals surface area contributed by atoms with Gasteiger partial charge in [0.1, 0.15) is 0 Å². The van der Waals surface area contributed by atoms with Gasteiger partial charge in [0.05, 0.1) is 11.0 Å². The lowest BCUT2D eigenvalue weighted by atomic mass is 10.0. The van der Waals surface area contributed by atoms with Crippen molar-refractivity contribution in [3.63, 3.8) is 0 Å². The van der Waals surface area contributed by atoms with Crippen molar-refractivity contribution in [1.82, 2.24) is 9.55 Å². The summed E-state index contributed by atoms with van der Waals surface area (Å²) in [6, 6.07) is 13.8. The Bertz CT molecular complexity index is 1090. The zero-order chi connectivity index (χ0) is 20.0. The fourth-order valence-electron chi connectivity index (χ4n) is 4.32. The Morgan fingerprint density at radius 2 is 1.69 bits per heavy atom. The summed E-state index contributed by atoms with van der Waals surface area (Å²) in [5.41, 5.74) is 4.65. The van der Waals surface area contributed by atoms with Gasteiger partial charge in [-0.25, -0.2) is 4.98 Å². The highest BCUT2D eigenvalue weighted by Crippen LogP contribution is 2.31. The normalized spacial score (nSPS) is 16.4. The van der Waals surface area contributed by atoms with Crippen LogP contribution in [0, 0.1) is 0 Å². The van der Waals surface area contributed by atoms with Gasteiger partial charge in [0.25, 0.3) is 0 Å². The molecule has 0 aliphatic carbocycles. The van der Waals surface area contributed by atoms with Crippen LogP contribution in [0.2, 0.25) is 0 Å². The summed E-state index contributed by atoms with van der Waals surface area (Å²) < 4.78 is 2.21. The van der Waals surface area contributed by atoms with Crippen LogP contribution in [0.15, 0.2) is 42.5 Å². The number of imidazole rings is 1. The number of nitrogens with one attached hydrogen (secondary N) is 1. The maximum Gasteiger partial charge on any atom is 0.221 e. The Hall–Kier alpha value is -3.35. The third-order valence-corrected chi connectivity index (χ3v) is 5.72. The van der Waals surface area contributed by atoms with E-state index in [9.17, 15) is 9.59 Å². The fourth-order valence-corrected chi connectivity index (χ4v) is 4.32. The molecule has 3 aromatic rings. The molecule has 3 heterocycles. The molecule has 0 radical (unpaired) electrons. The van der Waals surface area contributed by atoms with Crippen LogP contribution in [-0.2, 0) is 11.3 Å². The summed E-state index contributed by atoms with van der Waals surface area (Å²) in [6.45, 7) is 5.76. The van der Waals surface area contributed by atoms with Crippen molar-refractivity contribution < 1.29 is 9.59 Å². The van der Waals surface area contributed by atoms with E-state index in [1.807, 2.05) is 42.5 Å². The number of amides is 1. The lowest BCUT2D eigenvalue weighted by Gasteiger charge is -2.37. The highest BCUT2D eigenvalue weighted by Gasteiger charge is 2.27. The number of rotatable bonds is 3. The summed E-state index contributed by atoms with van der Waals surface area (Å²) >= 11 is 0. The first-order chi connectivity index (χ1) is 14.1. The zero-order valence-electron chi connectivity index (χ0n) is 16.4. The quantitative estimate of drug-likeness (QED) is 0.746. The molecule has 0 bridgehead atoms. The summed E-state index contributed by atoms with van der Waals surface area (Å²) in [6.07, 6.45) is 0.538. The molecule has 148 valence electrons. The van der Waals surface area contributed by atoms with Gasteiger partial charge in [-0.3, -0.25) is 9.59 Å². The van der Waals surface area contributed by atoms with Crippen LogP contribution in [0.1, 0.15) is 23.7 Å². The molecule has 0 unspecified atom stereocenters. The molecule has 1 saturated heterocycles. The van der Waals surface area contributed by atoms with Crippen LogP contribution >= 0.6 is 0 Å². The fraction of sp³-hybridized carbons (Fsp3) is 0.318. The minimum absolute atomic E-state index is 0.0627. The second kappa shape index (κ2) is 6.92. The van der Waals surface area contributed by atoms with Crippen LogP contribution in [0.4, 0.5) is 17.3 Å². The molecule has 2 aromatic carbocycles. The minimum Gasteiger partial charge on any atom is -0.368 e. The monoisotopic (exact) mass is 389 g/mol. The van der Waals surface area contributed by atoms with E-state index in [1.54, 1.807) is 0 Å². The molecule has 2 aliphatic heterocycles. The molecule has 0 spiro atoms. The number of aromatic nitrogens is 2.